The number of aromatic nitrogens is 2. The molecule has 0 amide bonds. The van der Waals surface area contributed by atoms with Gasteiger partial charge in [-0.15, -0.1) is 0 Å². The Kier molecular flexibility index (Phi) is 4.09. The summed E-state index contributed by atoms with van der Waals surface area (Å²) in [5.74, 6) is 0.473. The molecule has 15 heavy (non-hydrogen) atoms. The molecule has 0 aliphatic carbocycles. The molecule has 2 N–H and O–H groups in total. The van der Waals surface area contributed by atoms with Crippen molar-refractivity contribution in [3.05, 3.63) is 30.0 Å². The van der Waals surface area contributed by atoms with E-state index in [1.54, 1.807) is 12.5 Å². The molecule has 1 aromatic rings. The third-order valence-corrected chi connectivity index (χ3v) is 2.25. The number of unbranched alkanes of at least 4 members (excludes halogenated alkanes) is 1. The third-order valence-electron chi connectivity index (χ3n) is 2.25. The maximum Gasteiger partial charge on any atom is 0.151 e. The summed E-state index contributed by atoms with van der Waals surface area (Å²) in [4.78, 5) is 8.33. The highest BCUT2D eigenvalue weighted by atomic mass is 15.0. The van der Waals surface area contributed by atoms with Crippen LogP contribution in [0, 0.1) is 6.92 Å². The second-order valence-corrected chi connectivity index (χ2v) is 3.48. The number of nitrogens with zero attached hydrogens (tertiary/aromatic N) is 3. The molecule has 0 saturated heterocycles. The first kappa shape index (κ1) is 11.5. The first-order valence-corrected chi connectivity index (χ1v) is 5.13. The van der Waals surface area contributed by atoms with Crippen LogP contribution in [-0.4, -0.2) is 15.4 Å². The number of allylic oxidation sites excluding steroid dienone is 1. The molecule has 0 aliphatic rings. The van der Waals surface area contributed by atoms with Crippen LogP contribution in [0.2, 0.25) is 0 Å². The predicted molar refractivity (Wildman–Crippen MR) is 62.7 cm³/mol. The number of amidine groups is 1. The van der Waals surface area contributed by atoms with E-state index in [1.807, 2.05) is 24.6 Å². The summed E-state index contributed by atoms with van der Waals surface area (Å²) in [6, 6.07) is 0. The lowest BCUT2D eigenvalue weighted by Crippen LogP contribution is -2.15. The largest absolute Gasteiger partial charge is 0.382 e. The first-order valence-electron chi connectivity index (χ1n) is 5.13. The van der Waals surface area contributed by atoms with Crippen molar-refractivity contribution in [1.29, 1.82) is 0 Å². The van der Waals surface area contributed by atoms with Gasteiger partial charge in [0, 0.05) is 18.9 Å². The smallest absolute Gasteiger partial charge is 0.151 e. The number of rotatable bonds is 4. The molecule has 82 valence electrons. The van der Waals surface area contributed by atoms with Crippen molar-refractivity contribution in [2.24, 2.45) is 17.8 Å². The Morgan fingerprint density at radius 1 is 1.67 bits per heavy atom. The Labute approximate surface area is 90.5 Å². The van der Waals surface area contributed by atoms with Gasteiger partial charge in [0.05, 0.1) is 6.33 Å². The van der Waals surface area contributed by atoms with E-state index in [0.29, 0.717) is 5.84 Å². The van der Waals surface area contributed by atoms with Crippen molar-refractivity contribution in [1.82, 2.24) is 9.55 Å². The summed E-state index contributed by atoms with van der Waals surface area (Å²) in [5, 5.41) is 0. The number of imidazole rings is 1. The van der Waals surface area contributed by atoms with Gasteiger partial charge >= 0.3 is 0 Å². The molecular formula is C11H18N4. The molecule has 0 aromatic carbocycles. The van der Waals surface area contributed by atoms with Gasteiger partial charge in [0.25, 0.3) is 0 Å². The lowest BCUT2D eigenvalue weighted by atomic mass is 10.3. The molecule has 0 radical (unpaired) electrons. The Bertz CT molecular complexity index is 374. The molecule has 1 heterocycles. The molecule has 1 rings (SSSR count). The van der Waals surface area contributed by atoms with Crippen molar-refractivity contribution in [2.75, 3.05) is 0 Å². The molecule has 0 bridgehead atoms. The molecule has 0 aliphatic heterocycles. The van der Waals surface area contributed by atoms with E-state index < -0.39 is 0 Å². The molecular weight excluding hydrogens is 188 g/mol. The monoisotopic (exact) mass is 206 g/mol. The van der Waals surface area contributed by atoms with E-state index in [1.165, 1.54) is 0 Å². The van der Waals surface area contributed by atoms with E-state index in [-0.39, 0.29) is 0 Å². The van der Waals surface area contributed by atoms with Gasteiger partial charge in [-0.1, -0.05) is 19.4 Å². The minimum atomic E-state index is 0.473. The molecule has 1 aromatic heterocycles. The standard InChI is InChI=1S/C11H18N4/c1-4-5-6-7-13-11(12)10-9(2)15(3)8-14-10/h6-8H,4-5H2,1-3H3,(H2,12,13)/b7-6+. The predicted octanol–water partition coefficient (Wildman–Crippen LogP) is 1.75. The van der Waals surface area contributed by atoms with E-state index >= 15 is 0 Å². The zero-order valence-electron chi connectivity index (χ0n) is 9.57. The summed E-state index contributed by atoms with van der Waals surface area (Å²) < 4.78 is 1.92. The van der Waals surface area contributed by atoms with Gasteiger partial charge in [-0.05, 0) is 13.3 Å². The Balaban J connectivity index is 2.76. The maximum absolute atomic E-state index is 5.81. The Morgan fingerprint density at radius 2 is 2.40 bits per heavy atom. The fourth-order valence-electron chi connectivity index (χ4n) is 1.18. The van der Waals surface area contributed by atoms with Gasteiger partial charge in [-0.3, -0.25) is 0 Å². The van der Waals surface area contributed by atoms with E-state index in [0.717, 1.165) is 24.2 Å². The summed E-state index contributed by atoms with van der Waals surface area (Å²) in [5.41, 5.74) is 7.60. The average molecular weight is 206 g/mol. The fraction of sp³-hybridized carbons (Fsp3) is 0.455. The van der Waals surface area contributed by atoms with Crippen LogP contribution >= 0.6 is 0 Å². The van der Waals surface area contributed by atoms with Crippen LogP contribution in [0.4, 0.5) is 0 Å². The summed E-state index contributed by atoms with van der Waals surface area (Å²) in [6.07, 6.45) is 7.63. The van der Waals surface area contributed by atoms with Gasteiger partial charge in [0.1, 0.15) is 5.69 Å². The van der Waals surface area contributed by atoms with Gasteiger partial charge in [0.15, 0.2) is 5.84 Å². The van der Waals surface area contributed by atoms with Gasteiger partial charge in [0.2, 0.25) is 0 Å². The van der Waals surface area contributed by atoms with Crippen molar-refractivity contribution >= 4 is 5.84 Å². The lowest BCUT2D eigenvalue weighted by Gasteiger charge is -1.97. The SMILES string of the molecule is CCC/C=C/N=C(/N)c1ncn(C)c1C. The fourth-order valence-corrected chi connectivity index (χ4v) is 1.18. The Hall–Kier alpha value is -1.58. The number of aryl methyl sites for hydroxylation is 1. The highest BCUT2D eigenvalue weighted by Gasteiger charge is 2.06. The maximum atomic E-state index is 5.81. The molecule has 0 saturated carbocycles. The van der Waals surface area contributed by atoms with Crippen LogP contribution in [0.25, 0.3) is 0 Å². The van der Waals surface area contributed by atoms with E-state index in [4.69, 9.17) is 5.73 Å². The van der Waals surface area contributed by atoms with Crippen molar-refractivity contribution in [2.45, 2.75) is 26.7 Å². The minimum absolute atomic E-state index is 0.473. The van der Waals surface area contributed by atoms with Gasteiger partial charge in [-0.2, -0.15) is 0 Å². The minimum Gasteiger partial charge on any atom is -0.382 e. The van der Waals surface area contributed by atoms with Gasteiger partial charge in [-0.25, -0.2) is 9.98 Å². The number of hydrogen-bond donors (Lipinski definition) is 1. The van der Waals surface area contributed by atoms with Crippen LogP contribution < -0.4 is 5.73 Å². The molecule has 0 spiro atoms. The molecule has 0 unspecified atom stereocenters. The van der Waals surface area contributed by atoms with Crippen LogP contribution in [0.3, 0.4) is 0 Å². The summed E-state index contributed by atoms with van der Waals surface area (Å²) in [7, 11) is 1.94. The van der Waals surface area contributed by atoms with Crippen molar-refractivity contribution in [3.8, 4) is 0 Å². The quantitative estimate of drug-likeness (QED) is 0.602. The van der Waals surface area contributed by atoms with Crippen LogP contribution in [0.5, 0.6) is 0 Å². The van der Waals surface area contributed by atoms with Crippen LogP contribution in [0.15, 0.2) is 23.6 Å². The van der Waals surface area contributed by atoms with Gasteiger partial charge < -0.3 is 10.3 Å². The van der Waals surface area contributed by atoms with Crippen LogP contribution in [-0.2, 0) is 7.05 Å². The first-order chi connectivity index (χ1) is 7.16. The third kappa shape index (κ3) is 2.94. The van der Waals surface area contributed by atoms with Crippen molar-refractivity contribution < 1.29 is 0 Å². The zero-order chi connectivity index (χ0) is 11.3. The second-order valence-electron chi connectivity index (χ2n) is 3.48. The number of aliphatic imine (C=N–C) groups is 1. The molecule has 4 nitrogen and oxygen atoms in total. The lowest BCUT2D eigenvalue weighted by molar-refractivity contribution is 0.873. The summed E-state index contributed by atoms with van der Waals surface area (Å²) >= 11 is 0. The zero-order valence-corrected chi connectivity index (χ0v) is 9.57. The topological polar surface area (TPSA) is 56.2 Å². The normalized spacial score (nSPS) is 12.6. The molecule has 4 heteroatoms. The van der Waals surface area contributed by atoms with E-state index in [9.17, 15) is 0 Å². The molecule has 0 fully saturated rings. The van der Waals surface area contributed by atoms with Crippen molar-refractivity contribution in [3.63, 3.8) is 0 Å². The summed E-state index contributed by atoms with van der Waals surface area (Å²) in [6.45, 7) is 4.10. The molecule has 0 atom stereocenters. The number of hydrogen-bond acceptors (Lipinski definition) is 2. The highest BCUT2D eigenvalue weighted by Crippen LogP contribution is 2.03. The van der Waals surface area contributed by atoms with Crippen LogP contribution in [0.1, 0.15) is 31.2 Å². The number of nitrogens with two attached hydrogens (primary N) is 1. The second kappa shape index (κ2) is 5.34. The average Bonchev–Trinajstić information content (AvgIpc) is 2.55. The Morgan fingerprint density at radius 3 is 2.93 bits per heavy atom. The van der Waals surface area contributed by atoms with E-state index in [2.05, 4.69) is 16.9 Å². The highest BCUT2D eigenvalue weighted by molar-refractivity contribution is 5.97.